The fourth-order valence-corrected chi connectivity index (χ4v) is 3.92. The lowest BCUT2D eigenvalue weighted by Crippen LogP contribution is -2.41. The predicted octanol–water partition coefficient (Wildman–Crippen LogP) is 3.99. The molecule has 1 aliphatic carbocycles. The number of aliphatic hydroxyl groups is 1. The van der Waals surface area contributed by atoms with Crippen LogP contribution in [0.5, 0.6) is 5.75 Å². The van der Waals surface area contributed by atoms with E-state index in [1.54, 1.807) is 11.0 Å². The van der Waals surface area contributed by atoms with Crippen LogP contribution >= 0.6 is 0 Å². The van der Waals surface area contributed by atoms with Crippen LogP contribution in [-0.4, -0.2) is 67.2 Å². The zero-order valence-corrected chi connectivity index (χ0v) is 20.3. The fourth-order valence-electron chi connectivity index (χ4n) is 3.36. The summed E-state index contributed by atoms with van der Waals surface area (Å²) in [4.78, 5) is 16.9. The molecule has 1 aliphatic heterocycles. The van der Waals surface area contributed by atoms with Crippen molar-refractivity contribution in [2.45, 2.75) is 82.1 Å². The van der Waals surface area contributed by atoms with Gasteiger partial charge in [-0.3, -0.25) is 0 Å². The highest BCUT2D eigenvalue weighted by atomic mass is 32.2. The Kier molecular flexibility index (Phi) is 12.3. The molecular weight excluding hydrogens is 432 g/mol. The molecule has 1 saturated heterocycles. The van der Waals surface area contributed by atoms with Crippen molar-refractivity contribution in [3.63, 3.8) is 0 Å². The number of pyridine rings is 1. The summed E-state index contributed by atoms with van der Waals surface area (Å²) < 4.78 is 33.3. The number of carbonyl (C=O) groups is 1. The van der Waals surface area contributed by atoms with Gasteiger partial charge in [-0.15, -0.1) is 13.2 Å². The van der Waals surface area contributed by atoms with Gasteiger partial charge < -0.3 is 19.5 Å². The third-order valence-corrected chi connectivity index (χ3v) is 6.00. The van der Waals surface area contributed by atoms with Crippen LogP contribution < -0.4 is 4.74 Å². The summed E-state index contributed by atoms with van der Waals surface area (Å²) in [5, 5.41) is 9.30. The van der Waals surface area contributed by atoms with Gasteiger partial charge in [0.25, 0.3) is 0 Å². The van der Waals surface area contributed by atoms with Crippen LogP contribution in [0.4, 0.5) is 4.79 Å². The van der Waals surface area contributed by atoms with Crippen molar-refractivity contribution in [2.24, 2.45) is 0 Å². The third-order valence-electron chi connectivity index (χ3n) is 5.00. The number of piperidine rings is 1. The topological polar surface area (TPSA) is 106 Å². The third kappa shape index (κ3) is 10.5. The number of hydrogen-bond acceptors (Lipinski definition) is 7. The molecule has 3 rings (SSSR count). The minimum atomic E-state index is -3.22. The lowest BCUT2D eigenvalue weighted by molar-refractivity contribution is 0.0457. The first kappa shape index (κ1) is 27.9. The van der Waals surface area contributed by atoms with Crippen LogP contribution in [0.3, 0.4) is 0 Å². The van der Waals surface area contributed by atoms with Gasteiger partial charge in [0.1, 0.15) is 5.75 Å². The maximum Gasteiger partial charge on any atom is 0.410 e. The van der Waals surface area contributed by atoms with Crippen LogP contribution in [0.25, 0.3) is 0 Å². The summed E-state index contributed by atoms with van der Waals surface area (Å²) in [5.41, 5.74) is 0. The second kappa shape index (κ2) is 14.1. The van der Waals surface area contributed by atoms with E-state index in [4.69, 9.17) is 9.47 Å². The molecule has 1 aromatic rings. The van der Waals surface area contributed by atoms with E-state index in [-0.39, 0.29) is 29.4 Å². The largest absolute Gasteiger partial charge is 0.489 e. The molecule has 0 unspecified atom stereocenters. The number of aromatic nitrogens is 1. The van der Waals surface area contributed by atoms with E-state index in [1.165, 1.54) is 31.5 Å². The van der Waals surface area contributed by atoms with Crippen molar-refractivity contribution in [2.75, 3.05) is 19.3 Å². The second-order valence-corrected chi connectivity index (χ2v) is 10.1. The average molecular weight is 471 g/mol. The zero-order chi connectivity index (χ0) is 24.1. The lowest BCUT2D eigenvalue weighted by atomic mass is 9.98. The smallest absolute Gasteiger partial charge is 0.410 e. The normalized spacial score (nSPS) is 17.5. The molecule has 0 bridgehead atoms. The number of likely N-dealkylation sites (tertiary alicyclic amines) is 1. The van der Waals surface area contributed by atoms with Crippen molar-refractivity contribution in [3.8, 4) is 5.75 Å². The van der Waals surface area contributed by atoms with E-state index >= 15 is 0 Å². The SMILES string of the molecule is C=C.CC(C)OC(=O)N1CCC(O)CC1.CS(=O)(=O)c1ccc(OC2CCCCC2)cn1. The highest BCUT2D eigenvalue weighted by Crippen LogP contribution is 2.23. The van der Waals surface area contributed by atoms with Crippen molar-refractivity contribution >= 4 is 15.9 Å². The molecule has 1 aromatic heterocycles. The summed E-state index contributed by atoms with van der Waals surface area (Å²) in [7, 11) is -3.22. The van der Waals surface area contributed by atoms with Crippen molar-refractivity contribution in [3.05, 3.63) is 31.5 Å². The molecule has 0 radical (unpaired) electrons. The highest BCUT2D eigenvalue weighted by molar-refractivity contribution is 7.90. The van der Waals surface area contributed by atoms with Crippen molar-refractivity contribution in [1.82, 2.24) is 9.88 Å². The van der Waals surface area contributed by atoms with Crippen LogP contribution in [-0.2, 0) is 14.6 Å². The fraction of sp³-hybridized carbons (Fsp3) is 0.652. The van der Waals surface area contributed by atoms with Gasteiger partial charge in [0.2, 0.25) is 0 Å². The average Bonchev–Trinajstić information content (AvgIpc) is 2.76. The number of ether oxygens (including phenoxy) is 2. The van der Waals surface area contributed by atoms with Crippen LogP contribution in [0.15, 0.2) is 36.5 Å². The predicted molar refractivity (Wildman–Crippen MR) is 125 cm³/mol. The van der Waals surface area contributed by atoms with Gasteiger partial charge in [-0.05, 0) is 64.5 Å². The van der Waals surface area contributed by atoms with Gasteiger partial charge in [-0.1, -0.05) is 6.42 Å². The molecule has 2 fully saturated rings. The van der Waals surface area contributed by atoms with Crippen molar-refractivity contribution < 1.29 is 27.8 Å². The Morgan fingerprint density at radius 2 is 1.72 bits per heavy atom. The minimum Gasteiger partial charge on any atom is -0.489 e. The maximum atomic E-state index is 11.3. The molecule has 1 amide bonds. The number of nitrogens with zero attached hydrogens (tertiary/aromatic N) is 2. The molecular formula is C23H38N2O6S. The quantitative estimate of drug-likeness (QED) is 0.663. The molecule has 32 heavy (non-hydrogen) atoms. The Hall–Kier alpha value is -2.13. The monoisotopic (exact) mass is 470 g/mol. The first-order chi connectivity index (χ1) is 15.1. The van der Waals surface area contributed by atoms with E-state index in [1.807, 2.05) is 13.8 Å². The van der Waals surface area contributed by atoms with Gasteiger partial charge in [0.05, 0.1) is 24.5 Å². The summed E-state index contributed by atoms with van der Waals surface area (Å²) in [6.07, 6.45) is 9.49. The molecule has 182 valence electrons. The number of amides is 1. The number of sulfone groups is 1. The van der Waals surface area contributed by atoms with Gasteiger partial charge in [0.15, 0.2) is 14.9 Å². The Labute approximate surface area is 192 Å². The van der Waals surface area contributed by atoms with Crippen LogP contribution in [0, 0.1) is 0 Å². The molecule has 2 heterocycles. The number of aliphatic hydroxyl groups excluding tert-OH is 1. The number of rotatable bonds is 4. The Morgan fingerprint density at radius 3 is 2.19 bits per heavy atom. The summed E-state index contributed by atoms with van der Waals surface area (Å²) in [5.74, 6) is 0.657. The first-order valence-corrected chi connectivity index (χ1v) is 13.0. The molecule has 9 heteroatoms. The summed E-state index contributed by atoms with van der Waals surface area (Å²) in [6, 6.07) is 3.17. The first-order valence-electron chi connectivity index (χ1n) is 11.1. The maximum absolute atomic E-state index is 11.3. The molecule has 0 spiro atoms. The van der Waals surface area contributed by atoms with Crippen LogP contribution in [0.2, 0.25) is 0 Å². The van der Waals surface area contributed by atoms with E-state index in [9.17, 15) is 18.3 Å². The van der Waals surface area contributed by atoms with E-state index in [2.05, 4.69) is 18.1 Å². The molecule has 0 atom stereocenters. The van der Waals surface area contributed by atoms with Gasteiger partial charge in [-0.2, -0.15) is 0 Å². The van der Waals surface area contributed by atoms with Gasteiger partial charge in [0, 0.05) is 19.3 Å². The second-order valence-electron chi connectivity index (χ2n) is 8.13. The van der Waals surface area contributed by atoms with E-state index in [0.29, 0.717) is 31.7 Å². The molecule has 1 N–H and O–H groups in total. The Morgan fingerprint density at radius 1 is 1.12 bits per heavy atom. The molecule has 1 saturated carbocycles. The van der Waals surface area contributed by atoms with E-state index < -0.39 is 9.84 Å². The Bertz CT molecular complexity index is 768. The molecule has 0 aromatic carbocycles. The van der Waals surface area contributed by atoms with E-state index in [0.717, 1.165) is 19.1 Å². The summed E-state index contributed by atoms with van der Waals surface area (Å²) in [6.45, 7) is 10.9. The van der Waals surface area contributed by atoms with Gasteiger partial charge >= 0.3 is 6.09 Å². The van der Waals surface area contributed by atoms with Crippen molar-refractivity contribution in [1.29, 1.82) is 0 Å². The Balaban J connectivity index is 0.000000307. The molecule has 2 aliphatic rings. The highest BCUT2D eigenvalue weighted by Gasteiger charge is 2.22. The minimum absolute atomic E-state index is 0.0700. The standard InChI is InChI=1S/C12H17NO3S.C9H17NO3.C2H4/c1-17(14,15)12-8-7-11(9-13-12)16-10-5-3-2-4-6-10;1-7(2)13-9(12)10-5-3-8(11)4-6-10;1-2/h7-10H,2-6H2,1H3;7-8,11H,3-6H2,1-2H3;1-2H2. The van der Waals surface area contributed by atoms with Crippen LogP contribution in [0.1, 0.15) is 58.8 Å². The molecule has 8 nitrogen and oxygen atoms in total. The number of hydrogen-bond donors (Lipinski definition) is 1. The summed E-state index contributed by atoms with van der Waals surface area (Å²) >= 11 is 0. The lowest BCUT2D eigenvalue weighted by Gasteiger charge is -2.29. The number of carbonyl (C=O) groups excluding carboxylic acids is 1. The van der Waals surface area contributed by atoms with Gasteiger partial charge in [-0.25, -0.2) is 18.2 Å². The zero-order valence-electron chi connectivity index (χ0n) is 19.5.